The van der Waals surface area contributed by atoms with E-state index in [0.29, 0.717) is 22.8 Å². The number of amides is 1. The summed E-state index contributed by atoms with van der Waals surface area (Å²) in [6.45, 7) is 0. The number of rotatable bonds is 5. The number of primary amides is 1. The van der Waals surface area contributed by atoms with E-state index in [1.54, 1.807) is 61.7 Å². The van der Waals surface area contributed by atoms with Crippen LogP contribution in [0.15, 0.2) is 54.1 Å². The van der Waals surface area contributed by atoms with Crippen molar-refractivity contribution in [3.05, 3.63) is 59.7 Å². The van der Waals surface area contributed by atoms with Crippen LogP contribution in [0.4, 0.5) is 0 Å². The van der Waals surface area contributed by atoms with Gasteiger partial charge in [-0.3, -0.25) is 4.79 Å². The molecule has 0 heterocycles. The molecule has 0 aliphatic heterocycles. The van der Waals surface area contributed by atoms with Gasteiger partial charge in [-0.05, 0) is 24.3 Å². The van der Waals surface area contributed by atoms with E-state index in [2.05, 4.69) is 0 Å². The molecular formula is C17H14N2O3. The van der Waals surface area contributed by atoms with Gasteiger partial charge >= 0.3 is 0 Å². The molecule has 0 atom stereocenters. The van der Waals surface area contributed by atoms with Crippen LogP contribution in [-0.4, -0.2) is 13.0 Å². The first-order valence-electron chi connectivity index (χ1n) is 6.46. The van der Waals surface area contributed by atoms with E-state index in [-0.39, 0.29) is 5.57 Å². The lowest BCUT2D eigenvalue weighted by Gasteiger charge is -2.10. The molecule has 0 unspecified atom stereocenters. The quantitative estimate of drug-likeness (QED) is 0.678. The van der Waals surface area contributed by atoms with Gasteiger partial charge in [0.25, 0.3) is 5.91 Å². The molecule has 110 valence electrons. The smallest absolute Gasteiger partial charge is 0.259 e. The summed E-state index contributed by atoms with van der Waals surface area (Å²) >= 11 is 0. The van der Waals surface area contributed by atoms with E-state index in [0.717, 1.165) is 0 Å². The Hall–Kier alpha value is -3.26. The highest BCUT2D eigenvalue weighted by atomic mass is 16.5. The van der Waals surface area contributed by atoms with Gasteiger partial charge in [0.05, 0.1) is 7.11 Å². The van der Waals surface area contributed by atoms with E-state index < -0.39 is 5.91 Å². The van der Waals surface area contributed by atoms with Crippen LogP contribution in [0.3, 0.4) is 0 Å². The maximum absolute atomic E-state index is 11.2. The van der Waals surface area contributed by atoms with E-state index in [4.69, 9.17) is 20.5 Å². The molecule has 2 aromatic rings. The Morgan fingerprint density at radius 2 is 1.91 bits per heavy atom. The van der Waals surface area contributed by atoms with Crippen molar-refractivity contribution in [3.63, 3.8) is 0 Å². The second-order valence-electron chi connectivity index (χ2n) is 4.35. The molecule has 0 aliphatic carbocycles. The summed E-state index contributed by atoms with van der Waals surface area (Å²) < 4.78 is 10.9. The zero-order valence-corrected chi connectivity index (χ0v) is 11.9. The van der Waals surface area contributed by atoms with Crippen LogP contribution in [0, 0.1) is 11.3 Å². The Kier molecular flexibility index (Phi) is 4.78. The number of nitrogens with zero attached hydrogens (tertiary/aromatic N) is 1. The summed E-state index contributed by atoms with van der Waals surface area (Å²) in [6.07, 6.45) is 1.40. The molecule has 2 rings (SSSR count). The number of nitriles is 1. The molecule has 0 radical (unpaired) electrons. The number of hydrogen-bond acceptors (Lipinski definition) is 4. The van der Waals surface area contributed by atoms with Crippen LogP contribution in [0.5, 0.6) is 17.2 Å². The third-order valence-electron chi connectivity index (χ3n) is 2.87. The summed E-state index contributed by atoms with van der Waals surface area (Å²) in [5.41, 5.74) is 5.60. The third-order valence-corrected chi connectivity index (χ3v) is 2.87. The van der Waals surface area contributed by atoms with Crippen molar-refractivity contribution in [1.82, 2.24) is 0 Å². The minimum atomic E-state index is -0.779. The van der Waals surface area contributed by atoms with Gasteiger partial charge in [0, 0.05) is 11.6 Å². The van der Waals surface area contributed by atoms with Gasteiger partial charge < -0.3 is 15.2 Å². The molecule has 2 aromatic carbocycles. The van der Waals surface area contributed by atoms with Gasteiger partial charge in [-0.15, -0.1) is 0 Å². The molecular weight excluding hydrogens is 280 g/mol. The van der Waals surface area contributed by atoms with Crippen LogP contribution in [0.1, 0.15) is 5.56 Å². The van der Waals surface area contributed by atoms with E-state index >= 15 is 0 Å². The number of hydrogen-bond donors (Lipinski definition) is 1. The summed E-state index contributed by atoms with van der Waals surface area (Å²) in [7, 11) is 1.57. The molecule has 22 heavy (non-hydrogen) atoms. The second kappa shape index (κ2) is 6.95. The fourth-order valence-corrected chi connectivity index (χ4v) is 1.80. The molecule has 5 heteroatoms. The van der Waals surface area contributed by atoms with Crippen molar-refractivity contribution >= 4 is 12.0 Å². The fraction of sp³-hybridized carbons (Fsp3) is 0.0588. The van der Waals surface area contributed by atoms with Crippen molar-refractivity contribution in [2.45, 2.75) is 0 Å². The third kappa shape index (κ3) is 3.64. The Labute approximate surface area is 128 Å². The highest BCUT2D eigenvalue weighted by molar-refractivity contribution is 6.00. The van der Waals surface area contributed by atoms with Crippen LogP contribution in [0.2, 0.25) is 0 Å². The first-order valence-corrected chi connectivity index (χ1v) is 6.46. The summed E-state index contributed by atoms with van der Waals surface area (Å²) in [5.74, 6) is 0.974. The maximum Gasteiger partial charge on any atom is 0.259 e. The highest BCUT2D eigenvalue weighted by Crippen LogP contribution is 2.29. The largest absolute Gasteiger partial charge is 0.497 e. The zero-order valence-electron chi connectivity index (χ0n) is 11.9. The summed E-state index contributed by atoms with van der Waals surface area (Å²) in [6, 6.07) is 15.9. The lowest BCUT2D eigenvalue weighted by atomic mass is 10.1. The standard InChI is InChI=1S/C17H14N2O3/c1-21-14-6-4-7-15(10-14)22-16-8-3-2-5-12(16)9-13(11-18)17(19)20/h2-10H,1H3,(H2,19,20)/b13-9+. The molecule has 0 aromatic heterocycles. The van der Waals surface area contributed by atoms with Crippen molar-refractivity contribution in [3.8, 4) is 23.3 Å². The van der Waals surface area contributed by atoms with Gasteiger partial charge in [-0.2, -0.15) is 5.26 Å². The molecule has 1 amide bonds. The van der Waals surface area contributed by atoms with Crippen molar-refractivity contribution < 1.29 is 14.3 Å². The predicted molar refractivity (Wildman–Crippen MR) is 82.3 cm³/mol. The predicted octanol–water partition coefficient (Wildman–Crippen LogP) is 2.88. The van der Waals surface area contributed by atoms with Gasteiger partial charge in [0.15, 0.2) is 0 Å². The van der Waals surface area contributed by atoms with E-state index in [9.17, 15) is 4.79 Å². The Morgan fingerprint density at radius 3 is 2.59 bits per heavy atom. The van der Waals surface area contributed by atoms with Crippen LogP contribution in [0.25, 0.3) is 6.08 Å². The zero-order chi connectivity index (χ0) is 15.9. The molecule has 5 nitrogen and oxygen atoms in total. The van der Waals surface area contributed by atoms with Gasteiger partial charge in [-0.25, -0.2) is 0 Å². The number of benzene rings is 2. The van der Waals surface area contributed by atoms with Crippen molar-refractivity contribution in [1.29, 1.82) is 5.26 Å². The van der Waals surface area contributed by atoms with Gasteiger partial charge in [0.2, 0.25) is 0 Å². The molecule has 0 fully saturated rings. The first-order chi connectivity index (χ1) is 10.6. The molecule has 0 spiro atoms. The monoisotopic (exact) mass is 294 g/mol. The number of carbonyl (C=O) groups excluding carboxylic acids is 1. The topological polar surface area (TPSA) is 85.3 Å². The van der Waals surface area contributed by atoms with E-state index in [1.165, 1.54) is 6.08 Å². The highest BCUT2D eigenvalue weighted by Gasteiger charge is 2.08. The summed E-state index contributed by atoms with van der Waals surface area (Å²) in [4.78, 5) is 11.2. The minimum Gasteiger partial charge on any atom is -0.497 e. The SMILES string of the molecule is COc1cccc(Oc2ccccc2/C=C(\C#N)C(N)=O)c1. The molecule has 0 aliphatic rings. The van der Waals surface area contributed by atoms with Crippen LogP contribution in [-0.2, 0) is 4.79 Å². The average Bonchev–Trinajstić information content (AvgIpc) is 2.54. The van der Waals surface area contributed by atoms with Gasteiger partial charge in [-0.1, -0.05) is 24.3 Å². The Morgan fingerprint density at radius 1 is 1.18 bits per heavy atom. The van der Waals surface area contributed by atoms with Crippen LogP contribution < -0.4 is 15.2 Å². The Balaban J connectivity index is 2.36. The number of ether oxygens (including phenoxy) is 2. The lowest BCUT2D eigenvalue weighted by Crippen LogP contribution is -2.12. The number of carbonyl (C=O) groups is 1. The number of para-hydroxylation sites is 1. The maximum atomic E-state index is 11.2. The fourth-order valence-electron chi connectivity index (χ4n) is 1.80. The van der Waals surface area contributed by atoms with E-state index in [1.807, 2.05) is 0 Å². The lowest BCUT2D eigenvalue weighted by molar-refractivity contribution is -0.114. The average molecular weight is 294 g/mol. The summed E-state index contributed by atoms with van der Waals surface area (Å²) in [5, 5.41) is 8.93. The van der Waals surface area contributed by atoms with Crippen molar-refractivity contribution in [2.24, 2.45) is 5.73 Å². The van der Waals surface area contributed by atoms with Gasteiger partial charge in [0.1, 0.15) is 28.9 Å². The number of methoxy groups -OCH3 is 1. The minimum absolute atomic E-state index is 0.137. The Bertz CT molecular complexity index is 760. The molecule has 0 bridgehead atoms. The normalized spacial score (nSPS) is 10.6. The van der Waals surface area contributed by atoms with Crippen LogP contribution >= 0.6 is 0 Å². The second-order valence-corrected chi connectivity index (χ2v) is 4.35. The van der Waals surface area contributed by atoms with Crippen molar-refractivity contribution in [2.75, 3.05) is 7.11 Å². The molecule has 2 N–H and O–H groups in total. The number of nitrogens with two attached hydrogens (primary N) is 1. The first kappa shape index (κ1) is 15.1. The molecule has 0 saturated carbocycles. The molecule has 0 saturated heterocycles.